The van der Waals surface area contributed by atoms with E-state index in [1.165, 1.54) is 6.33 Å². The summed E-state index contributed by atoms with van der Waals surface area (Å²) < 4.78 is 0. The van der Waals surface area contributed by atoms with E-state index in [0.29, 0.717) is 18.1 Å². The molecular formula is C8H9N5S. The lowest BCUT2D eigenvalue weighted by molar-refractivity contribution is 1.10. The van der Waals surface area contributed by atoms with E-state index in [-0.39, 0.29) is 0 Å². The zero-order valence-electron chi connectivity index (χ0n) is 7.34. The van der Waals surface area contributed by atoms with E-state index in [1.807, 2.05) is 6.20 Å². The maximum Gasteiger partial charge on any atom is 0.152 e. The number of nitrogens with one attached hydrogen (secondary N) is 1. The van der Waals surface area contributed by atoms with Gasteiger partial charge in [-0.3, -0.25) is 4.98 Å². The van der Waals surface area contributed by atoms with Gasteiger partial charge in [0.25, 0.3) is 0 Å². The molecule has 0 radical (unpaired) electrons. The fraction of sp³-hybridized carbons (Fsp3) is 0.125. The highest BCUT2D eigenvalue weighted by atomic mass is 32.1. The number of hydrogen-bond donors (Lipinski definition) is 2. The van der Waals surface area contributed by atoms with Crippen molar-refractivity contribution in [3.05, 3.63) is 29.1 Å². The second-order valence-electron chi connectivity index (χ2n) is 2.65. The fourth-order valence-electron chi connectivity index (χ4n) is 0.988. The highest BCUT2D eigenvalue weighted by Gasteiger charge is 1.99. The molecule has 14 heavy (non-hydrogen) atoms. The van der Waals surface area contributed by atoms with Gasteiger partial charge in [0.05, 0.1) is 23.9 Å². The maximum atomic E-state index is 5.66. The Morgan fingerprint density at radius 3 is 3.00 bits per heavy atom. The molecule has 0 atom stereocenters. The third-order valence-corrected chi connectivity index (χ3v) is 2.43. The summed E-state index contributed by atoms with van der Waals surface area (Å²) in [6.07, 6.45) is 4.85. The molecule has 2 aromatic heterocycles. The van der Waals surface area contributed by atoms with Gasteiger partial charge in [0.1, 0.15) is 6.33 Å². The van der Waals surface area contributed by atoms with E-state index < -0.39 is 0 Å². The number of thiazole rings is 1. The molecule has 0 fully saturated rings. The van der Waals surface area contributed by atoms with Crippen molar-refractivity contribution in [2.45, 2.75) is 6.54 Å². The third-order valence-electron chi connectivity index (χ3n) is 1.65. The lowest BCUT2D eigenvalue weighted by Gasteiger charge is -2.04. The van der Waals surface area contributed by atoms with Gasteiger partial charge in [-0.05, 0) is 0 Å². The Labute approximate surface area is 85.0 Å². The SMILES string of the molecule is Nc1cncnc1NCc1cncs1. The van der Waals surface area contributed by atoms with E-state index in [9.17, 15) is 0 Å². The molecular weight excluding hydrogens is 198 g/mol. The average Bonchev–Trinajstić information content (AvgIpc) is 2.69. The van der Waals surface area contributed by atoms with Crippen molar-refractivity contribution in [1.82, 2.24) is 15.0 Å². The van der Waals surface area contributed by atoms with Gasteiger partial charge in [-0.1, -0.05) is 0 Å². The summed E-state index contributed by atoms with van der Waals surface area (Å²) >= 11 is 1.59. The number of hydrogen-bond acceptors (Lipinski definition) is 6. The number of anilines is 2. The molecule has 2 rings (SSSR count). The van der Waals surface area contributed by atoms with Gasteiger partial charge in [0, 0.05) is 11.1 Å². The number of nitrogen functional groups attached to an aromatic ring is 1. The second kappa shape index (κ2) is 4.01. The zero-order chi connectivity index (χ0) is 9.80. The van der Waals surface area contributed by atoms with Crippen molar-refractivity contribution >= 4 is 22.8 Å². The van der Waals surface area contributed by atoms with Crippen LogP contribution in [-0.4, -0.2) is 15.0 Å². The highest BCUT2D eigenvalue weighted by Crippen LogP contribution is 2.14. The monoisotopic (exact) mass is 207 g/mol. The van der Waals surface area contributed by atoms with Crippen LogP contribution in [0.5, 0.6) is 0 Å². The van der Waals surface area contributed by atoms with E-state index in [1.54, 1.807) is 23.0 Å². The minimum Gasteiger partial charge on any atom is -0.394 e. The van der Waals surface area contributed by atoms with Crippen LogP contribution in [0.25, 0.3) is 0 Å². The number of nitrogens with zero attached hydrogens (tertiary/aromatic N) is 3. The van der Waals surface area contributed by atoms with E-state index in [2.05, 4.69) is 20.3 Å². The minimum atomic E-state index is 0.553. The number of rotatable bonds is 3. The van der Waals surface area contributed by atoms with E-state index in [4.69, 9.17) is 5.73 Å². The van der Waals surface area contributed by atoms with Crippen LogP contribution in [0.4, 0.5) is 11.5 Å². The highest BCUT2D eigenvalue weighted by molar-refractivity contribution is 7.09. The van der Waals surface area contributed by atoms with Gasteiger partial charge in [-0.25, -0.2) is 9.97 Å². The summed E-state index contributed by atoms with van der Waals surface area (Å²) in [5.74, 6) is 0.661. The van der Waals surface area contributed by atoms with Crippen LogP contribution in [0, 0.1) is 0 Å². The predicted octanol–water partition coefficient (Wildman–Crippen LogP) is 1.13. The van der Waals surface area contributed by atoms with Gasteiger partial charge < -0.3 is 11.1 Å². The Hall–Kier alpha value is -1.69. The van der Waals surface area contributed by atoms with Gasteiger partial charge in [0.15, 0.2) is 5.82 Å². The lowest BCUT2D eigenvalue weighted by Crippen LogP contribution is -2.03. The van der Waals surface area contributed by atoms with Crippen molar-refractivity contribution in [3.8, 4) is 0 Å². The Bertz CT molecular complexity index is 400. The summed E-state index contributed by atoms with van der Waals surface area (Å²) in [6, 6.07) is 0. The van der Waals surface area contributed by atoms with Crippen molar-refractivity contribution in [2.24, 2.45) is 0 Å². The van der Waals surface area contributed by atoms with E-state index in [0.717, 1.165) is 4.88 Å². The first kappa shape index (κ1) is 8.89. The molecule has 2 aromatic rings. The summed E-state index contributed by atoms with van der Waals surface area (Å²) in [4.78, 5) is 12.9. The zero-order valence-corrected chi connectivity index (χ0v) is 8.16. The summed E-state index contributed by atoms with van der Waals surface area (Å²) in [5.41, 5.74) is 8.01. The fourth-order valence-corrected chi connectivity index (χ4v) is 1.52. The first-order chi connectivity index (χ1) is 6.86. The predicted molar refractivity (Wildman–Crippen MR) is 55.9 cm³/mol. The molecule has 0 bridgehead atoms. The molecule has 0 unspecified atom stereocenters. The molecule has 3 N–H and O–H groups in total. The molecule has 0 spiro atoms. The van der Waals surface area contributed by atoms with Gasteiger partial charge >= 0.3 is 0 Å². The van der Waals surface area contributed by atoms with Crippen LogP contribution in [-0.2, 0) is 6.54 Å². The van der Waals surface area contributed by atoms with Crippen molar-refractivity contribution in [3.63, 3.8) is 0 Å². The molecule has 2 heterocycles. The molecule has 0 aliphatic heterocycles. The van der Waals surface area contributed by atoms with Gasteiger partial charge in [-0.2, -0.15) is 0 Å². The van der Waals surface area contributed by atoms with Crippen LogP contribution in [0.3, 0.4) is 0 Å². The molecule has 0 aliphatic carbocycles. The second-order valence-corrected chi connectivity index (χ2v) is 3.62. The molecule has 0 aliphatic rings. The number of aromatic nitrogens is 3. The average molecular weight is 207 g/mol. The first-order valence-electron chi connectivity index (χ1n) is 4.03. The maximum absolute atomic E-state index is 5.66. The Kier molecular flexibility index (Phi) is 2.55. The number of nitrogens with two attached hydrogens (primary N) is 1. The third kappa shape index (κ3) is 1.97. The van der Waals surface area contributed by atoms with Gasteiger partial charge in [0.2, 0.25) is 0 Å². The molecule has 72 valence electrons. The van der Waals surface area contributed by atoms with E-state index >= 15 is 0 Å². The normalized spacial score (nSPS) is 10.0. The Morgan fingerprint density at radius 1 is 1.36 bits per heavy atom. The summed E-state index contributed by atoms with van der Waals surface area (Å²) in [5, 5.41) is 3.11. The molecule has 6 heteroatoms. The molecule has 0 saturated heterocycles. The molecule has 0 amide bonds. The molecule has 0 aromatic carbocycles. The minimum absolute atomic E-state index is 0.553. The van der Waals surface area contributed by atoms with Crippen molar-refractivity contribution in [1.29, 1.82) is 0 Å². The van der Waals surface area contributed by atoms with Crippen LogP contribution >= 0.6 is 11.3 Å². The molecule has 5 nitrogen and oxygen atoms in total. The van der Waals surface area contributed by atoms with Crippen LogP contribution in [0.2, 0.25) is 0 Å². The first-order valence-corrected chi connectivity index (χ1v) is 4.91. The Balaban J connectivity index is 2.02. The van der Waals surface area contributed by atoms with Crippen LogP contribution in [0.1, 0.15) is 4.88 Å². The topological polar surface area (TPSA) is 76.7 Å². The van der Waals surface area contributed by atoms with Crippen LogP contribution < -0.4 is 11.1 Å². The van der Waals surface area contributed by atoms with Crippen molar-refractivity contribution in [2.75, 3.05) is 11.1 Å². The lowest BCUT2D eigenvalue weighted by atomic mass is 10.4. The van der Waals surface area contributed by atoms with Gasteiger partial charge in [-0.15, -0.1) is 11.3 Å². The largest absolute Gasteiger partial charge is 0.394 e. The smallest absolute Gasteiger partial charge is 0.152 e. The quantitative estimate of drug-likeness (QED) is 0.788. The van der Waals surface area contributed by atoms with Crippen LogP contribution in [0.15, 0.2) is 24.2 Å². The summed E-state index contributed by atoms with van der Waals surface area (Å²) in [6.45, 7) is 0.686. The standard InChI is InChI=1S/C8H9N5S/c9-7-3-10-4-13-8(7)12-2-6-1-11-5-14-6/h1,3-5H,2,9H2,(H,10,12,13). The summed E-state index contributed by atoms with van der Waals surface area (Å²) in [7, 11) is 0. The van der Waals surface area contributed by atoms with Crippen molar-refractivity contribution < 1.29 is 0 Å². The Morgan fingerprint density at radius 2 is 2.29 bits per heavy atom. The molecule has 0 saturated carbocycles.